The molecule has 5 nitrogen and oxygen atoms in total. The smallest absolute Gasteiger partial charge is 0.237 e. The van der Waals surface area contributed by atoms with Gasteiger partial charge in [0.25, 0.3) is 0 Å². The minimum atomic E-state index is -0.904. The van der Waals surface area contributed by atoms with E-state index in [0.717, 1.165) is 13.1 Å². The number of carbonyl (C=O) groups excluding carboxylic acids is 1. The van der Waals surface area contributed by atoms with E-state index in [9.17, 15) is 4.79 Å². The van der Waals surface area contributed by atoms with Crippen molar-refractivity contribution < 1.29 is 4.79 Å². The van der Waals surface area contributed by atoms with Gasteiger partial charge in [0.1, 0.15) is 0 Å². The van der Waals surface area contributed by atoms with Crippen LogP contribution < -0.4 is 11.5 Å². The molecule has 0 aliphatic heterocycles. The van der Waals surface area contributed by atoms with E-state index in [1.54, 1.807) is 6.92 Å². The molecule has 1 aliphatic carbocycles. The number of amides is 1. The van der Waals surface area contributed by atoms with E-state index in [-0.39, 0.29) is 0 Å². The summed E-state index contributed by atoms with van der Waals surface area (Å²) in [5, 5.41) is 0. The molecule has 1 unspecified atom stereocenters. The summed E-state index contributed by atoms with van der Waals surface area (Å²) in [6.07, 6.45) is 4.41. The number of nitrogens with zero attached hydrogens (tertiary/aromatic N) is 2. The Hall–Kier alpha value is -0.650. The molecular weight excluding hydrogens is 228 g/mol. The third-order valence-electron chi connectivity index (χ3n) is 4.37. The van der Waals surface area contributed by atoms with Crippen molar-refractivity contribution in [2.45, 2.75) is 43.7 Å². The Kier molecular flexibility index (Phi) is 4.75. The fraction of sp³-hybridized carbons (Fsp3) is 0.923. The molecule has 0 aromatic rings. The lowest BCUT2D eigenvalue weighted by atomic mass is 9.75. The van der Waals surface area contributed by atoms with Gasteiger partial charge in [-0.1, -0.05) is 0 Å². The average molecular weight is 256 g/mol. The van der Waals surface area contributed by atoms with Crippen LogP contribution in [0.1, 0.15) is 32.6 Å². The summed E-state index contributed by atoms with van der Waals surface area (Å²) in [5.74, 6) is -0.429. The minimum absolute atomic E-state index is 0.312. The standard InChI is InChI=1S/C13H28N4O/c1-12(15,11(14)18)8-9-17(4)10-13(16(2)3)6-5-7-13/h5-10,15H2,1-4H3,(H2,14,18). The van der Waals surface area contributed by atoms with Crippen LogP contribution in [0.4, 0.5) is 0 Å². The lowest BCUT2D eigenvalue weighted by Crippen LogP contribution is -2.57. The quantitative estimate of drug-likeness (QED) is 0.672. The first kappa shape index (κ1) is 15.4. The molecule has 0 spiro atoms. The maximum Gasteiger partial charge on any atom is 0.237 e. The van der Waals surface area contributed by atoms with Crippen LogP contribution in [-0.4, -0.2) is 61.0 Å². The molecule has 0 bridgehead atoms. The van der Waals surface area contributed by atoms with Gasteiger partial charge >= 0.3 is 0 Å². The fourth-order valence-electron chi connectivity index (χ4n) is 2.46. The molecule has 0 radical (unpaired) electrons. The van der Waals surface area contributed by atoms with E-state index >= 15 is 0 Å². The number of hydrogen-bond donors (Lipinski definition) is 2. The molecule has 1 amide bonds. The fourth-order valence-corrected chi connectivity index (χ4v) is 2.46. The summed E-state index contributed by atoms with van der Waals surface area (Å²) in [6.45, 7) is 3.52. The second kappa shape index (κ2) is 5.55. The molecular formula is C13H28N4O. The number of nitrogens with two attached hydrogens (primary N) is 2. The van der Waals surface area contributed by atoms with E-state index in [0.29, 0.717) is 12.0 Å². The Morgan fingerprint density at radius 2 is 1.89 bits per heavy atom. The van der Waals surface area contributed by atoms with E-state index < -0.39 is 11.4 Å². The highest BCUT2D eigenvalue weighted by molar-refractivity contribution is 5.83. The molecule has 106 valence electrons. The van der Waals surface area contributed by atoms with Crippen LogP contribution in [0.5, 0.6) is 0 Å². The van der Waals surface area contributed by atoms with Gasteiger partial charge in [-0.2, -0.15) is 0 Å². The molecule has 1 fully saturated rings. The molecule has 4 N–H and O–H groups in total. The summed E-state index contributed by atoms with van der Waals surface area (Å²) in [5.41, 5.74) is 10.6. The van der Waals surface area contributed by atoms with Crippen molar-refractivity contribution in [3.8, 4) is 0 Å². The maximum atomic E-state index is 11.2. The van der Waals surface area contributed by atoms with Crippen LogP contribution >= 0.6 is 0 Å². The zero-order chi connectivity index (χ0) is 14.0. The van der Waals surface area contributed by atoms with Gasteiger partial charge in [0.05, 0.1) is 5.54 Å². The van der Waals surface area contributed by atoms with Gasteiger partial charge in [0.2, 0.25) is 5.91 Å². The van der Waals surface area contributed by atoms with Crippen molar-refractivity contribution in [1.29, 1.82) is 0 Å². The molecule has 0 saturated heterocycles. The lowest BCUT2D eigenvalue weighted by molar-refractivity contribution is -0.122. The first-order chi connectivity index (χ1) is 8.19. The van der Waals surface area contributed by atoms with Crippen LogP contribution in [0.3, 0.4) is 0 Å². The predicted molar refractivity (Wildman–Crippen MR) is 74.2 cm³/mol. The van der Waals surface area contributed by atoms with E-state index in [1.165, 1.54) is 19.3 Å². The largest absolute Gasteiger partial charge is 0.368 e. The van der Waals surface area contributed by atoms with Crippen molar-refractivity contribution in [2.75, 3.05) is 34.2 Å². The minimum Gasteiger partial charge on any atom is -0.368 e. The normalized spacial score (nSPS) is 21.7. The van der Waals surface area contributed by atoms with Gasteiger partial charge in [0, 0.05) is 18.6 Å². The molecule has 1 saturated carbocycles. The lowest BCUT2D eigenvalue weighted by Gasteiger charge is -2.49. The van der Waals surface area contributed by atoms with Gasteiger partial charge in [-0.15, -0.1) is 0 Å². The first-order valence-corrected chi connectivity index (χ1v) is 6.64. The average Bonchev–Trinajstić information content (AvgIpc) is 2.20. The highest BCUT2D eigenvalue weighted by atomic mass is 16.1. The zero-order valence-electron chi connectivity index (χ0n) is 12.2. The van der Waals surface area contributed by atoms with Crippen LogP contribution in [0.25, 0.3) is 0 Å². The van der Waals surface area contributed by atoms with Crippen LogP contribution in [0.15, 0.2) is 0 Å². The second-order valence-corrected chi connectivity index (χ2v) is 6.24. The summed E-state index contributed by atoms with van der Waals surface area (Å²) in [4.78, 5) is 15.7. The van der Waals surface area contributed by atoms with Gasteiger partial charge < -0.3 is 21.3 Å². The number of hydrogen-bond acceptors (Lipinski definition) is 4. The summed E-state index contributed by atoms with van der Waals surface area (Å²) in [7, 11) is 6.37. The molecule has 5 heteroatoms. The maximum absolute atomic E-state index is 11.2. The highest BCUT2D eigenvalue weighted by Crippen LogP contribution is 2.36. The molecule has 0 heterocycles. The first-order valence-electron chi connectivity index (χ1n) is 6.64. The topological polar surface area (TPSA) is 75.6 Å². The monoisotopic (exact) mass is 256 g/mol. The van der Waals surface area contributed by atoms with Crippen LogP contribution in [-0.2, 0) is 4.79 Å². The van der Waals surface area contributed by atoms with Crippen LogP contribution in [0.2, 0.25) is 0 Å². The van der Waals surface area contributed by atoms with E-state index in [4.69, 9.17) is 11.5 Å². The Balaban J connectivity index is 2.42. The highest BCUT2D eigenvalue weighted by Gasteiger charge is 2.40. The molecule has 0 aromatic heterocycles. The van der Waals surface area contributed by atoms with E-state index in [1.807, 2.05) is 0 Å². The van der Waals surface area contributed by atoms with Crippen molar-refractivity contribution in [1.82, 2.24) is 9.80 Å². The summed E-state index contributed by atoms with van der Waals surface area (Å²) < 4.78 is 0. The molecule has 1 aliphatic rings. The Morgan fingerprint density at radius 1 is 1.33 bits per heavy atom. The summed E-state index contributed by atoms with van der Waals surface area (Å²) >= 11 is 0. The van der Waals surface area contributed by atoms with Gasteiger partial charge in [0.15, 0.2) is 0 Å². The van der Waals surface area contributed by atoms with Crippen molar-refractivity contribution in [3.05, 3.63) is 0 Å². The Morgan fingerprint density at radius 3 is 2.22 bits per heavy atom. The zero-order valence-corrected chi connectivity index (χ0v) is 12.2. The van der Waals surface area contributed by atoms with Crippen LogP contribution in [0, 0.1) is 0 Å². The Bertz CT molecular complexity index is 297. The van der Waals surface area contributed by atoms with Crippen molar-refractivity contribution >= 4 is 5.91 Å². The van der Waals surface area contributed by atoms with Gasteiger partial charge in [-0.3, -0.25) is 4.79 Å². The molecule has 0 aromatic carbocycles. The van der Waals surface area contributed by atoms with Gasteiger partial charge in [-0.25, -0.2) is 0 Å². The van der Waals surface area contributed by atoms with Gasteiger partial charge in [-0.05, 0) is 53.8 Å². The molecule has 1 atom stereocenters. The number of carbonyl (C=O) groups is 1. The summed E-state index contributed by atoms with van der Waals surface area (Å²) in [6, 6.07) is 0. The Labute approximate surface area is 110 Å². The van der Waals surface area contributed by atoms with Crippen molar-refractivity contribution in [2.24, 2.45) is 11.5 Å². The van der Waals surface area contributed by atoms with E-state index in [2.05, 4.69) is 30.9 Å². The third-order valence-corrected chi connectivity index (χ3v) is 4.37. The second-order valence-electron chi connectivity index (χ2n) is 6.24. The number of rotatable bonds is 7. The molecule has 18 heavy (non-hydrogen) atoms. The van der Waals surface area contributed by atoms with Crippen molar-refractivity contribution in [3.63, 3.8) is 0 Å². The third kappa shape index (κ3) is 3.43. The SMILES string of the molecule is CN(CCC(C)(N)C(N)=O)CC1(N(C)C)CCC1. The number of primary amides is 1. The number of likely N-dealkylation sites (N-methyl/N-ethyl adjacent to an activating group) is 2. The molecule has 1 rings (SSSR count). The predicted octanol–water partition coefficient (Wildman–Crippen LogP) is -0.00470.